The van der Waals surface area contributed by atoms with Crippen LogP contribution in [0.5, 0.6) is 0 Å². The molecule has 0 unspecified atom stereocenters. The Hall–Kier alpha value is -3.46. The number of piperazine rings is 1. The SMILES string of the molecule is CCN1CCN(C(=O)Cc2ccc(NC(=O)c3cccn4c(=O)[nH]nc34)cc2)CC1. The van der Waals surface area contributed by atoms with E-state index in [1.54, 1.807) is 30.5 Å². The lowest BCUT2D eigenvalue weighted by molar-refractivity contribution is -0.132. The van der Waals surface area contributed by atoms with Crippen LogP contribution in [-0.4, -0.2) is 68.9 Å². The standard InChI is InChI=1S/C21H24N6O3/c1-2-25-10-12-26(13-11-25)18(28)14-15-5-7-16(8-6-15)22-20(29)17-4-3-9-27-19(17)23-24-21(27)30/h3-9H,2,10-14H2,1H3,(H,22,29)(H,24,30). The van der Waals surface area contributed by atoms with E-state index in [1.807, 2.05) is 17.0 Å². The highest BCUT2D eigenvalue weighted by molar-refractivity contribution is 6.08. The molecule has 156 valence electrons. The zero-order chi connectivity index (χ0) is 21.1. The van der Waals surface area contributed by atoms with E-state index in [2.05, 4.69) is 27.3 Å². The lowest BCUT2D eigenvalue weighted by Crippen LogP contribution is -2.48. The van der Waals surface area contributed by atoms with E-state index in [0.717, 1.165) is 38.3 Å². The van der Waals surface area contributed by atoms with Crippen LogP contribution in [0.1, 0.15) is 22.8 Å². The van der Waals surface area contributed by atoms with Crippen LogP contribution in [0.4, 0.5) is 5.69 Å². The molecular formula is C21H24N6O3. The van der Waals surface area contributed by atoms with Crippen molar-refractivity contribution in [1.29, 1.82) is 0 Å². The van der Waals surface area contributed by atoms with Gasteiger partial charge in [-0.3, -0.25) is 9.59 Å². The highest BCUT2D eigenvalue weighted by Crippen LogP contribution is 2.14. The minimum atomic E-state index is -0.398. The second-order valence-electron chi connectivity index (χ2n) is 7.29. The lowest BCUT2D eigenvalue weighted by atomic mass is 10.1. The summed E-state index contributed by atoms with van der Waals surface area (Å²) in [7, 11) is 0. The van der Waals surface area contributed by atoms with Crippen molar-refractivity contribution in [2.24, 2.45) is 0 Å². The molecule has 3 aromatic rings. The zero-order valence-corrected chi connectivity index (χ0v) is 16.8. The Balaban J connectivity index is 1.38. The van der Waals surface area contributed by atoms with Crippen molar-refractivity contribution >= 4 is 23.1 Å². The molecule has 1 saturated heterocycles. The molecule has 2 aromatic heterocycles. The van der Waals surface area contributed by atoms with Crippen molar-refractivity contribution in [2.45, 2.75) is 13.3 Å². The number of hydrogen-bond donors (Lipinski definition) is 2. The van der Waals surface area contributed by atoms with E-state index in [0.29, 0.717) is 17.7 Å². The van der Waals surface area contributed by atoms with Crippen molar-refractivity contribution in [3.05, 3.63) is 64.2 Å². The fraction of sp³-hybridized carbons (Fsp3) is 0.333. The van der Waals surface area contributed by atoms with Gasteiger partial charge in [-0.05, 0) is 36.4 Å². The molecule has 2 amide bonds. The first-order chi connectivity index (χ1) is 14.5. The maximum atomic E-state index is 12.6. The first kappa shape index (κ1) is 19.8. The van der Waals surface area contributed by atoms with Gasteiger partial charge in [0.25, 0.3) is 5.91 Å². The number of carbonyl (C=O) groups excluding carboxylic acids is 2. The van der Waals surface area contributed by atoms with E-state index < -0.39 is 5.69 Å². The number of anilines is 1. The number of carbonyl (C=O) groups is 2. The van der Waals surface area contributed by atoms with Gasteiger partial charge in [-0.2, -0.15) is 5.10 Å². The highest BCUT2D eigenvalue weighted by Gasteiger charge is 2.20. The van der Waals surface area contributed by atoms with Gasteiger partial charge >= 0.3 is 5.69 Å². The highest BCUT2D eigenvalue weighted by atomic mass is 16.2. The van der Waals surface area contributed by atoms with Crippen LogP contribution in [0.25, 0.3) is 5.65 Å². The van der Waals surface area contributed by atoms with Crippen molar-refractivity contribution in [3.8, 4) is 0 Å². The summed E-state index contributed by atoms with van der Waals surface area (Å²) in [6, 6.07) is 10.5. The average molecular weight is 408 g/mol. The Morgan fingerprint density at radius 2 is 1.83 bits per heavy atom. The number of aromatic nitrogens is 3. The fourth-order valence-electron chi connectivity index (χ4n) is 3.61. The Morgan fingerprint density at radius 1 is 1.10 bits per heavy atom. The largest absolute Gasteiger partial charge is 0.347 e. The summed E-state index contributed by atoms with van der Waals surface area (Å²) in [4.78, 5) is 41.1. The molecule has 0 atom stereocenters. The van der Waals surface area contributed by atoms with E-state index in [-0.39, 0.29) is 17.5 Å². The quantitative estimate of drug-likeness (QED) is 0.655. The third-order valence-corrected chi connectivity index (χ3v) is 5.43. The summed E-state index contributed by atoms with van der Waals surface area (Å²) in [5.41, 5.74) is 1.67. The van der Waals surface area contributed by atoms with Crippen LogP contribution in [0.15, 0.2) is 47.4 Å². The maximum Gasteiger partial charge on any atom is 0.347 e. The number of hydrogen-bond acceptors (Lipinski definition) is 5. The normalized spacial score (nSPS) is 14.8. The Kier molecular flexibility index (Phi) is 5.62. The predicted molar refractivity (Wildman–Crippen MR) is 113 cm³/mol. The number of fused-ring (bicyclic) bond motifs is 1. The van der Waals surface area contributed by atoms with Crippen molar-refractivity contribution in [3.63, 3.8) is 0 Å². The maximum absolute atomic E-state index is 12.6. The summed E-state index contributed by atoms with van der Waals surface area (Å²) in [5, 5.41) is 9.04. The molecule has 9 heteroatoms. The van der Waals surface area contributed by atoms with Crippen molar-refractivity contribution in [2.75, 3.05) is 38.0 Å². The summed E-state index contributed by atoms with van der Waals surface area (Å²) in [5.74, 6) is -0.240. The summed E-state index contributed by atoms with van der Waals surface area (Å²) in [6.07, 6.45) is 1.89. The first-order valence-corrected chi connectivity index (χ1v) is 10.0. The Bertz CT molecular complexity index is 1110. The average Bonchev–Trinajstić information content (AvgIpc) is 3.16. The van der Waals surface area contributed by atoms with E-state index in [9.17, 15) is 14.4 Å². The summed E-state index contributed by atoms with van der Waals surface area (Å²) >= 11 is 0. The molecule has 1 fully saturated rings. The number of benzene rings is 1. The molecule has 0 spiro atoms. The number of rotatable bonds is 5. The molecule has 9 nitrogen and oxygen atoms in total. The van der Waals surface area contributed by atoms with E-state index in [1.165, 1.54) is 4.40 Å². The topological polar surface area (TPSA) is 103 Å². The zero-order valence-electron chi connectivity index (χ0n) is 16.8. The first-order valence-electron chi connectivity index (χ1n) is 10.0. The van der Waals surface area contributed by atoms with Crippen LogP contribution in [0, 0.1) is 0 Å². The number of H-pyrrole nitrogens is 1. The molecular weight excluding hydrogens is 384 g/mol. The summed E-state index contributed by atoms with van der Waals surface area (Å²) in [6.45, 7) is 6.52. The molecule has 4 rings (SSSR count). The number of pyridine rings is 1. The monoisotopic (exact) mass is 408 g/mol. The third kappa shape index (κ3) is 4.11. The van der Waals surface area contributed by atoms with E-state index >= 15 is 0 Å². The van der Waals surface area contributed by atoms with Crippen molar-refractivity contribution in [1.82, 2.24) is 24.4 Å². The van der Waals surface area contributed by atoms with Crippen LogP contribution >= 0.6 is 0 Å². The number of nitrogens with zero attached hydrogens (tertiary/aromatic N) is 4. The third-order valence-electron chi connectivity index (χ3n) is 5.43. The molecule has 1 aliphatic rings. The molecule has 1 aliphatic heterocycles. The van der Waals surface area contributed by atoms with Gasteiger partial charge < -0.3 is 15.1 Å². The molecule has 0 radical (unpaired) electrons. The van der Waals surface area contributed by atoms with Gasteiger partial charge in [0.1, 0.15) is 0 Å². The lowest BCUT2D eigenvalue weighted by Gasteiger charge is -2.34. The molecule has 2 N–H and O–H groups in total. The van der Waals surface area contributed by atoms with Crippen LogP contribution in [0.2, 0.25) is 0 Å². The van der Waals surface area contributed by atoms with Gasteiger partial charge in [0.15, 0.2) is 5.65 Å². The number of aromatic amines is 1. The van der Waals surface area contributed by atoms with Gasteiger partial charge in [-0.15, -0.1) is 0 Å². The van der Waals surface area contributed by atoms with E-state index in [4.69, 9.17) is 0 Å². The van der Waals surface area contributed by atoms with Gasteiger partial charge in [-0.1, -0.05) is 19.1 Å². The van der Waals surface area contributed by atoms with Gasteiger partial charge in [0.2, 0.25) is 5.91 Å². The number of likely N-dealkylation sites (N-methyl/N-ethyl adjacent to an activating group) is 1. The predicted octanol–water partition coefficient (Wildman–Crippen LogP) is 0.981. The molecule has 30 heavy (non-hydrogen) atoms. The fourth-order valence-corrected chi connectivity index (χ4v) is 3.61. The van der Waals surface area contributed by atoms with Gasteiger partial charge in [0.05, 0.1) is 12.0 Å². The second kappa shape index (κ2) is 8.50. The number of amides is 2. The Morgan fingerprint density at radius 3 is 2.53 bits per heavy atom. The molecule has 0 aliphatic carbocycles. The van der Waals surface area contributed by atoms with Gasteiger partial charge in [0, 0.05) is 38.1 Å². The Labute approximate surface area is 173 Å². The van der Waals surface area contributed by atoms with Crippen LogP contribution < -0.4 is 11.0 Å². The molecule has 0 saturated carbocycles. The van der Waals surface area contributed by atoms with Gasteiger partial charge in [-0.25, -0.2) is 14.3 Å². The smallest absolute Gasteiger partial charge is 0.340 e. The summed E-state index contributed by atoms with van der Waals surface area (Å²) < 4.78 is 1.28. The van der Waals surface area contributed by atoms with Crippen molar-refractivity contribution < 1.29 is 9.59 Å². The number of nitrogens with one attached hydrogen (secondary N) is 2. The minimum absolute atomic E-state index is 0.123. The van der Waals surface area contributed by atoms with Crippen LogP contribution in [-0.2, 0) is 11.2 Å². The second-order valence-corrected chi connectivity index (χ2v) is 7.29. The molecule has 1 aromatic carbocycles. The van der Waals surface area contributed by atoms with Crippen LogP contribution in [0.3, 0.4) is 0 Å². The minimum Gasteiger partial charge on any atom is -0.340 e. The molecule has 3 heterocycles. The molecule has 0 bridgehead atoms.